The first-order valence-corrected chi connectivity index (χ1v) is 7.68. The Kier molecular flexibility index (Phi) is 3.08. The van der Waals surface area contributed by atoms with Gasteiger partial charge in [-0.05, 0) is 52.6 Å². The van der Waals surface area contributed by atoms with Crippen LogP contribution in [-0.2, 0) is 12.8 Å². The molecule has 1 aliphatic rings. The molecule has 21 heavy (non-hydrogen) atoms. The molecule has 0 heterocycles. The molecule has 0 aromatic heterocycles. The summed E-state index contributed by atoms with van der Waals surface area (Å²) in [6.07, 6.45) is 3.75. The van der Waals surface area contributed by atoms with Crippen molar-refractivity contribution in [2.45, 2.75) is 19.3 Å². The van der Waals surface area contributed by atoms with Gasteiger partial charge in [0.1, 0.15) is 0 Å². The third-order valence-electron chi connectivity index (χ3n) is 4.40. The number of benzene rings is 3. The molecule has 4 rings (SSSR count). The fourth-order valence-electron chi connectivity index (χ4n) is 3.34. The first-order chi connectivity index (χ1) is 10.4. The van der Waals surface area contributed by atoms with Gasteiger partial charge in [-0.2, -0.15) is 0 Å². The molecule has 0 N–H and O–H groups in total. The Bertz CT molecular complexity index is 688. The summed E-state index contributed by atoms with van der Waals surface area (Å²) in [4.78, 5) is 0. The van der Waals surface area contributed by atoms with Crippen molar-refractivity contribution in [3.8, 4) is 22.3 Å². The summed E-state index contributed by atoms with van der Waals surface area (Å²) < 4.78 is 0. The van der Waals surface area contributed by atoms with Crippen LogP contribution in [0.3, 0.4) is 0 Å². The summed E-state index contributed by atoms with van der Waals surface area (Å²) in [5.74, 6) is 0. The maximum atomic E-state index is 2.42. The van der Waals surface area contributed by atoms with Gasteiger partial charge in [-0.1, -0.05) is 72.8 Å². The SMILES string of the molecule is c1ccc(-c2cc3c(cc2-c2ccccc2)CCC3)cc1. The molecule has 0 bridgehead atoms. The van der Waals surface area contributed by atoms with Crippen molar-refractivity contribution >= 4 is 0 Å². The predicted molar refractivity (Wildman–Crippen MR) is 89.3 cm³/mol. The largest absolute Gasteiger partial charge is 0.0622 e. The maximum Gasteiger partial charge on any atom is -0.0102 e. The van der Waals surface area contributed by atoms with Crippen LogP contribution in [0.2, 0.25) is 0 Å². The molecule has 0 saturated heterocycles. The minimum Gasteiger partial charge on any atom is -0.0622 e. The molecular formula is C21H18. The zero-order valence-electron chi connectivity index (χ0n) is 12.0. The molecule has 0 heteroatoms. The van der Waals surface area contributed by atoms with Crippen molar-refractivity contribution in [2.75, 3.05) is 0 Å². The Balaban J connectivity index is 1.96. The third kappa shape index (κ3) is 2.27. The first kappa shape index (κ1) is 12.4. The molecule has 0 nitrogen and oxygen atoms in total. The van der Waals surface area contributed by atoms with Crippen LogP contribution in [0.5, 0.6) is 0 Å². The van der Waals surface area contributed by atoms with Crippen molar-refractivity contribution in [1.82, 2.24) is 0 Å². The second-order valence-corrected chi connectivity index (χ2v) is 5.75. The number of aryl methyl sites for hydroxylation is 2. The van der Waals surface area contributed by atoms with E-state index < -0.39 is 0 Å². The lowest BCUT2D eigenvalue weighted by Crippen LogP contribution is -1.90. The average Bonchev–Trinajstić information content (AvgIpc) is 3.03. The van der Waals surface area contributed by atoms with Gasteiger partial charge in [0.05, 0.1) is 0 Å². The van der Waals surface area contributed by atoms with Crippen molar-refractivity contribution in [1.29, 1.82) is 0 Å². The molecule has 0 unspecified atom stereocenters. The molecule has 0 aliphatic heterocycles. The molecular weight excluding hydrogens is 252 g/mol. The Labute approximate surface area is 126 Å². The van der Waals surface area contributed by atoms with Gasteiger partial charge < -0.3 is 0 Å². The Morgan fingerprint density at radius 3 is 1.38 bits per heavy atom. The minimum atomic E-state index is 1.23. The molecule has 102 valence electrons. The van der Waals surface area contributed by atoms with Gasteiger partial charge in [-0.15, -0.1) is 0 Å². The van der Waals surface area contributed by atoms with Crippen LogP contribution in [0.15, 0.2) is 72.8 Å². The molecule has 3 aromatic carbocycles. The van der Waals surface area contributed by atoms with Crippen LogP contribution < -0.4 is 0 Å². The Morgan fingerprint density at radius 1 is 0.524 bits per heavy atom. The van der Waals surface area contributed by atoms with Gasteiger partial charge in [0.15, 0.2) is 0 Å². The number of hydrogen-bond acceptors (Lipinski definition) is 0. The van der Waals surface area contributed by atoms with E-state index >= 15 is 0 Å². The average molecular weight is 270 g/mol. The molecule has 0 spiro atoms. The van der Waals surface area contributed by atoms with E-state index in [-0.39, 0.29) is 0 Å². The monoisotopic (exact) mass is 270 g/mol. The van der Waals surface area contributed by atoms with E-state index in [4.69, 9.17) is 0 Å². The van der Waals surface area contributed by atoms with Crippen LogP contribution in [-0.4, -0.2) is 0 Å². The summed E-state index contributed by atoms with van der Waals surface area (Å²) in [5, 5.41) is 0. The Hall–Kier alpha value is -2.34. The molecule has 3 aromatic rings. The molecule has 0 radical (unpaired) electrons. The van der Waals surface area contributed by atoms with Gasteiger partial charge in [-0.3, -0.25) is 0 Å². The van der Waals surface area contributed by atoms with E-state index in [1.165, 1.54) is 52.6 Å². The van der Waals surface area contributed by atoms with E-state index in [9.17, 15) is 0 Å². The van der Waals surface area contributed by atoms with Gasteiger partial charge in [-0.25, -0.2) is 0 Å². The van der Waals surface area contributed by atoms with Crippen molar-refractivity contribution in [3.63, 3.8) is 0 Å². The lowest BCUT2D eigenvalue weighted by Gasteiger charge is -2.13. The topological polar surface area (TPSA) is 0 Å². The molecule has 0 saturated carbocycles. The summed E-state index contributed by atoms with van der Waals surface area (Å²) in [7, 11) is 0. The van der Waals surface area contributed by atoms with Crippen LogP contribution in [0.1, 0.15) is 17.5 Å². The highest BCUT2D eigenvalue weighted by Crippen LogP contribution is 2.37. The molecule has 0 amide bonds. The normalized spacial score (nSPS) is 13.1. The highest BCUT2D eigenvalue weighted by molar-refractivity contribution is 5.84. The van der Waals surface area contributed by atoms with Crippen molar-refractivity contribution in [2.24, 2.45) is 0 Å². The van der Waals surface area contributed by atoms with E-state index in [2.05, 4.69) is 72.8 Å². The number of fused-ring (bicyclic) bond motifs is 1. The minimum absolute atomic E-state index is 1.23. The van der Waals surface area contributed by atoms with Crippen molar-refractivity contribution in [3.05, 3.63) is 83.9 Å². The second-order valence-electron chi connectivity index (χ2n) is 5.75. The summed E-state index contributed by atoms with van der Waals surface area (Å²) in [6.45, 7) is 0. The highest BCUT2D eigenvalue weighted by atomic mass is 14.2. The standard InChI is InChI=1S/C21H18/c1-3-8-16(9-4-1)20-14-18-12-7-13-19(18)15-21(20)17-10-5-2-6-11-17/h1-6,8-11,14-15H,7,12-13H2. The van der Waals surface area contributed by atoms with E-state index in [1.54, 1.807) is 0 Å². The lowest BCUT2D eigenvalue weighted by molar-refractivity contribution is 0.912. The zero-order chi connectivity index (χ0) is 14.1. The van der Waals surface area contributed by atoms with Gasteiger partial charge in [0, 0.05) is 0 Å². The molecule has 0 atom stereocenters. The fourth-order valence-corrected chi connectivity index (χ4v) is 3.34. The van der Waals surface area contributed by atoms with E-state index in [0.717, 1.165) is 0 Å². The third-order valence-corrected chi connectivity index (χ3v) is 4.40. The van der Waals surface area contributed by atoms with Gasteiger partial charge in [0.25, 0.3) is 0 Å². The quantitative estimate of drug-likeness (QED) is 0.576. The fraction of sp³-hybridized carbons (Fsp3) is 0.143. The van der Waals surface area contributed by atoms with Gasteiger partial charge in [0.2, 0.25) is 0 Å². The first-order valence-electron chi connectivity index (χ1n) is 7.68. The summed E-state index contributed by atoms with van der Waals surface area (Å²) >= 11 is 0. The summed E-state index contributed by atoms with van der Waals surface area (Å²) in [5.41, 5.74) is 8.42. The zero-order valence-corrected chi connectivity index (χ0v) is 12.0. The van der Waals surface area contributed by atoms with Gasteiger partial charge >= 0.3 is 0 Å². The number of hydrogen-bond donors (Lipinski definition) is 0. The predicted octanol–water partition coefficient (Wildman–Crippen LogP) is 5.51. The summed E-state index contributed by atoms with van der Waals surface area (Å²) in [6, 6.07) is 26.3. The highest BCUT2D eigenvalue weighted by Gasteiger charge is 2.16. The van der Waals surface area contributed by atoms with E-state index in [0.29, 0.717) is 0 Å². The van der Waals surface area contributed by atoms with Crippen molar-refractivity contribution < 1.29 is 0 Å². The lowest BCUT2D eigenvalue weighted by atomic mass is 9.91. The Morgan fingerprint density at radius 2 is 0.952 bits per heavy atom. The van der Waals surface area contributed by atoms with Crippen LogP contribution in [0, 0.1) is 0 Å². The van der Waals surface area contributed by atoms with Crippen LogP contribution >= 0.6 is 0 Å². The maximum absolute atomic E-state index is 2.42. The number of rotatable bonds is 2. The smallest absolute Gasteiger partial charge is 0.0102 e. The second kappa shape index (κ2) is 5.21. The molecule has 0 fully saturated rings. The molecule has 1 aliphatic carbocycles. The van der Waals surface area contributed by atoms with E-state index in [1.807, 2.05) is 0 Å². The van der Waals surface area contributed by atoms with Crippen LogP contribution in [0.25, 0.3) is 22.3 Å². The van der Waals surface area contributed by atoms with Crippen LogP contribution in [0.4, 0.5) is 0 Å².